The van der Waals surface area contributed by atoms with Gasteiger partial charge in [-0.3, -0.25) is 4.99 Å². The molecule has 0 amide bonds. The average molecular weight is 264 g/mol. The molecule has 1 fully saturated rings. The van der Waals surface area contributed by atoms with Crippen LogP contribution >= 0.6 is 0 Å². The highest BCUT2D eigenvalue weighted by atomic mass is 15.2. The number of hydrogen-bond acceptors (Lipinski definition) is 3. The van der Waals surface area contributed by atoms with Gasteiger partial charge in [-0.2, -0.15) is 0 Å². The van der Waals surface area contributed by atoms with E-state index in [1.165, 1.54) is 12.8 Å². The molecule has 0 spiro atoms. The Morgan fingerprint density at radius 3 is 2.74 bits per heavy atom. The van der Waals surface area contributed by atoms with Crippen LogP contribution in [0.1, 0.15) is 32.6 Å². The Morgan fingerprint density at radius 2 is 2.05 bits per heavy atom. The SMILES string of the molecule is CCNC(=NCC1CC1)NCCCCn1cnnc1. The van der Waals surface area contributed by atoms with Crippen LogP contribution in [0.3, 0.4) is 0 Å². The normalized spacial score (nSPS) is 15.5. The van der Waals surface area contributed by atoms with Crippen molar-refractivity contribution in [2.24, 2.45) is 10.9 Å². The summed E-state index contributed by atoms with van der Waals surface area (Å²) in [6.45, 7) is 5.91. The Bertz CT molecular complexity index is 368. The number of hydrogen-bond donors (Lipinski definition) is 2. The molecule has 2 N–H and O–H groups in total. The minimum Gasteiger partial charge on any atom is -0.357 e. The molecule has 0 aromatic carbocycles. The summed E-state index contributed by atoms with van der Waals surface area (Å²) in [5.41, 5.74) is 0. The molecule has 1 aliphatic carbocycles. The minimum atomic E-state index is 0.837. The van der Waals surface area contributed by atoms with Crippen molar-refractivity contribution in [3.63, 3.8) is 0 Å². The molecule has 19 heavy (non-hydrogen) atoms. The van der Waals surface area contributed by atoms with Gasteiger partial charge in [-0.15, -0.1) is 10.2 Å². The standard InChI is InChI=1S/C13H24N6/c1-2-14-13(16-9-12-5-6-12)15-7-3-4-8-19-10-17-18-11-19/h10-12H,2-9H2,1H3,(H2,14,15,16). The molecule has 1 saturated carbocycles. The Hall–Kier alpha value is -1.59. The van der Waals surface area contributed by atoms with Crippen LogP contribution in [0.2, 0.25) is 0 Å². The molecule has 1 heterocycles. The van der Waals surface area contributed by atoms with Gasteiger partial charge < -0.3 is 15.2 Å². The van der Waals surface area contributed by atoms with E-state index in [-0.39, 0.29) is 0 Å². The van der Waals surface area contributed by atoms with Crippen molar-refractivity contribution < 1.29 is 0 Å². The van der Waals surface area contributed by atoms with Crippen molar-refractivity contribution >= 4 is 5.96 Å². The summed E-state index contributed by atoms with van der Waals surface area (Å²) < 4.78 is 2.01. The van der Waals surface area contributed by atoms with E-state index in [9.17, 15) is 0 Å². The highest BCUT2D eigenvalue weighted by Gasteiger charge is 2.20. The van der Waals surface area contributed by atoms with E-state index in [0.29, 0.717) is 0 Å². The molecular formula is C13H24N6. The van der Waals surface area contributed by atoms with E-state index >= 15 is 0 Å². The molecule has 0 bridgehead atoms. The van der Waals surface area contributed by atoms with Gasteiger partial charge in [-0.1, -0.05) is 0 Å². The number of aliphatic imine (C=N–C) groups is 1. The predicted molar refractivity (Wildman–Crippen MR) is 76.0 cm³/mol. The van der Waals surface area contributed by atoms with Gasteiger partial charge in [0.15, 0.2) is 5.96 Å². The predicted octanol–water partition coefficient (Wildman–Crippen LogP) is 1.02. The largest absolute Gasteiger partial charge is 0.357 e. The van der Waals surface area contributed by atoms with E-state index in [0.717, 1.165) is 50.9 Å². The molecule has 0 saturated heterocycles. The van der Waals surface area contributed by atoms with Crippen LogP contribution in [0.5, 0.6) is 0 Å². The summed E-state index contributed by atoms with van der Waals surface area (Å²) in [4.78, 5) is 4.59. The van der Waals surface area contributed by atoms with Crippen LogP contribution in [0.4, 0.5) is 0 Å². The summed E-state index contributed by atoms with van der Waals surface area (Å²) in [6.07, 6.45) is 8.45. The summed E-state index contributed by atoms with van der Waals surface area (Å²) >= 11 is 0. The van der Waals surface area contributed by atoms with Crippen molar-refractivity contribution in [3.05, 3.63) is 12.7 Å². The average Bonchev–Trinajstić information content (AvgIpc) is 3.10. The quantitative estimate of drug-likeness (QED) is 0.418. The first-order valence-electron chi connectivity index (χ1n) is 7.23. The van der Waals surface area contributed by atoms with E-state index in [1.807, 2.05) is 4.57 Å². The van der Waals surface area contributed by atoms with E-state index < -0.39 is 0 Å². The maximum atomic E-state index is 4.59. The molecule has 6 nitrogen and oxygen atoms in total. The lowest BCUT2D eigenvalue weighted by Crippen LogP contribution is -2.38. The molecule has 2 rings (SSSR count). The van der Waals surface area contributed by atoms with Crippen LogP contribution < -0.4 is 10.6 Å². The second kappa shape index (κ2) is 7.76. The van der Waals surface area contributed by atoms with Crippen molar-refractivity contribution in [1.29, 1.82) is 0 Å². The third-order valence-electron chi connectivity index (χ3n) is 3.15. The molecular weight excluding hydrogens is 240 g/mol. The highest BCUT2D eigenvalue weighted by Crippen LogP contribution is 2.28. The van der Waals surface area contributed by atoms with Crippen LogP contribution in [0.15, 0.2) is 17.6 Å². The summed E-state index contributed by atoms with van der Waals surface area (Å²) in [6, 6.07) is 0. The van der Waals surface area contributed by atoms with Crippen molar-refractivity contribution in [2.75, 3.05) is 19.6 Å². The third-order valence-corrected chi connectivity index (χ3v) is 3.15. The number of aryl methyl sites for hydroxylation is 1. The van der Waals surface area contributed by atoms with Crippen LogP contribution in [0, 0.1) is 5.92 Å². The maximum absolute atomic E-state index is 4.59. The molecule has 106 valence electrons. The lowest BCUT2D eigenvalue weighted by Gasteiger charge is -2.11. The van der Waals surface area contributed by atoms with Gasteiger partial charge in [0.2, 0.25) is 0 Å². The molecule has 1 aromatic heterocycles. The molecule has 1 aliphatic rings. The molecule has 1 aromatic rings. The van der Waals surface area contributed by atoms with Gasteiger partial charge in [-0.05, 0) is 38.5 Å². The second-order valence-corrected chi connectivity index (χ2v) is 5.00. The van der Waals surface area contributed by atoms with Gasteiger partial charge in [0.05, 0.1) is 0 Å². The number of nitrogens with zero attached hydrogens (tertiary/aromatic N) is 4. The van der Waals surface area contributed by atoms with Gasteiger partial charge in [0.1, 0.15) is 12.7 Å². The smallest absolute Gasteiger partial charge is 0.191 e. The van der Waals surface area contributed by atoms with Crippen molar-refractivity contribution in [1.82, 2.24) is 25.4 Å². The topological polar surface area (TPSA) is 67.1 Å². The van der Waals surface area contributed by atoms with Gasteiger partial charge >= 0.3 is 0 Å². The number of nitrogens with one attached hydrogen (secondary N) is 2. The lowest BCUT2D eigenvalue weighted by molar-refractivity contribution is 0.597. The van der Waals surface area contributed by atoms with Crippen molar-refractivity contribution in [2.45, 2.75) is 39.2 Å². The van der Waals surface area contributed by atoms with Gasteiger partial charge in [0.25, 0.3) is 0 Å². The minimum absolute atomic E-state index is 0.837. The Balaban J connectivity index is 1.57. The zero-order valence-corrected chi connectivity index (χ0v) is 11.7. The van der Waals surface area contributed by atoms with Crippen LogP contribution in [0.25, 0.3) is 0 Å². The van der Waals surface area contributed by atoms with E-state index in [2.05, 4.69) is 32.7 Å². The highest BCUT2D eigenvalue weighted by molar-refractivity contribution is 5.79. The molecule has 0 radical (unpaired) electrons. The van der Waals surface area contributed by atoms with E-state index in [4.69, 9.17) is 0 Å². The lowest BCUT2D eigenvalue weighted by atomic mass is 10.3. The molecule has 0 unspecified atom stereocenters. The van der Waals surface area contributed by atoms with Gasteiger partial charge in [0, 0.05) is 26.2 Å². The summed E-state index contributed by atoms with van der Waals surface area (Å²) in [7, 11) is 0. The first-order valence-corrected chi connectivity index (χ1v) is 7.23. The summed E-state index contributed by atoms with van der Waals surface area (Å²) in [5, 5.41) is 14.2. The van der Waals surface area contributed by atoms with Gasteiger partial charge in [-0.25, -0.2) is 0 Å². The molecule has 6 heteroatoms. The number of rotatable bonds is 8. The van der Waals surface area contributed by atoms with Crippen LogP contribution in [-0.4, -0.2) is 40.4 Å². The first-order chi connectivity index (χ1) is 9.38. The second-order valence-electron chi connectivity index (χ2n) is 5.00. The van der Waals surface area contributed by atoms with E-state index in [1.54, 1.807) is 12.7 Å². The maximum Gasteiger partial charge on any atom is 0.191 e. The Morgan fingerprint density at radius 1 is 1.26 bits per heavy atom. The summed E-state index contributed by atoms with van der Waals surface area (Å²) in [5.74, 6) is 1.79. The fourth-order valence-corrected chi connectivity index (χ4v) is 1.83. The molecule has 0 aliphatic heterocycles. The Kier molecular flexibility index (Phi) is 5.65. The fourth-order valence-electron chi connectivity index (χ4n) is 1.83. The zero-order valence-electron chi connectivity index (χ0n) is 11.7. The monoisotopic (exact) mass is 264 g/mol. The third kappa shape index (κ3) is 5.72. The Labute approximate surface area is 114 Å². The zero-order chi connectivity index (χ0) is 13.3. The fraction of sp³-hybridized carbons (Fsp3) is 0.769. The number of unbranched alkanes of at least 4 members (excludes halogenated alkanes) is 1. The number of guanidine groups is 1. The first kappa shape index (κ1) is 13.8. The van der Waals surface area contributed by atoms with Crippen LogP contribution in [-0.2, 0) is 6.54 Å². The van der Waals surface area contributed by atoms with Crippen molar-refractivity contribution in [3.8, 4) is 0 Å². The number of aromatic nitrogens is 3. The molecule has 0 atom stereocenters.